The van der Waals surface area contributed by atoms with E-state index >= 15 is 0 Å². The normalized spacial score (nSPS) is 10.8. The molecular weight excluding hydrogens is 364 g/mol. The molecular formula is C23H20N4O2. The maximum absolute atomic E-state index is 12.8. The summed E-state index contributed by atoms with van der Waals surface area (Å²) in [6.45, 7) is 4.26. The average molecular weight is 384 g/mol. The molecule has 2 aromatic carbocycles. The fourth-order valence-corrected chi connectivity index (χ4v) is 3.30. The molecule has 0 bridgehead atoms. The van der Waals surface area contributed by atoms with E-state index in [0.717, 1.165) is 29.1 Å². The number of rotatable bonds is 5. The number of pyridine rings is 1. The van der Waals surface area contributed by atoms with Gasteiger partial charge in [-0.1, -0.05) is 24.3 Å². The fraction of sp³-hybridized carbons (Fsp3) is 0.130. The second kappa shape index (κ2) is 7.67. The summed E-state index contributed by atoms with van der Waals surface area (Å²) >= 11 is 0. The number of nitrogens with one attached hydrogen (secondary N) is 1. The average Bonchev–Trinajstić information content (AvgIpc) is 3.12. The van der Waals surface area contributed by atoms with Crippen molar-refractivity contribution in [3.8, 4) is 11.4 Å². The van der Waals surface area contributed by atoms with E-state index in [0.29, 0.717) is 16.8 Å². The molecule has 0 aliphatic heterocycles. The van der Waals surface area contributed by atoms with E-state index in [1.807, 2.05) is 41.8 Å². The van der Waals surface area contributed by atoms with Crippen LogP contribution in [0.3, 0.4) is 0 Å². The molecule has 0 atom stereocenters. The summed E-state index contributed by atoms with van der Waals surface area (Å²) in [5, 5.41) is 2.86. The predicted octanol–water partition coefficient (Wildman–Crippen LogP) is 4.57. The van der Waals surface area contributed by atoms with E-state index in [-0.39, 0.29) is 11.7 Å². The molecule has 0 aliphatic rings. The largest absolute Gasteiger partial charge is 0.322 e. The third-order valence-electron chi connectivity index (χ3n) is 4.73. The molecule has 6 heteroatoms. The number of imidazole rings is 1. The predicted molar refractivity (Wildman–Crippen MR) is 113 cm³/mol. The number of hydrogen-bond acceptors (Lipinski definition) is 4. The Morgan fingerprint density at radius 1 is 1.00 bits per heavy atom. The van der Waals surface area contributed by atoms with Gasteiger partial charge in [0, 0.05) is 35.1 Å². The summed E-state index contributed by atoms with van der Waals surface area (Å²) in [6, 6.07) is 18.0. The molecule has 0 unspecified atom stereocenters. The monoisotopic (exact) mass is 384 g/mol. The number of fused-ring (bicyclic) bond motifs is 1. The minimum atomic E-state index is -0.246. The van der Waals surface area contributed by atoms with Crippen LogP contribution in [-0.4, -0.2) is 26.2 Å². The zero-order valence-electron chi connectivity index (χ0n) is 16.2. The van der Waals surface area contributed by atoms with Gasteiger partial charge in [-0.15, -0.1) is 0 Å². The Balaban J connectivity index is 1.67. The van der Waals surface area contributed by atoms with Gasteiger partial charge >= 0.3 is 0 Å². The van der Waals surface area contributed by atoms with Crippen molar-refractivity contribution in [2.75, 3.05) is 5.32 Å². The number of aromatic nitrogens is 3. The van der Waals surface area contributed by atoms with Gasteiger partial charge in [-0.2, -0.15) is 0 Å². The van der Waals surface area contributed by atoms with Crippen molar-refractivity contribution >= 4 is 28.5 Å². The van der Waals surface area contributed by atoms with Crippen molar-refractivity contribution in [1.29, 1.82) is 0 Å². The zero-order valence-corrected chi connectivity index (χ0v) is 16.2. The van der Waals surface area contributed by atoms with Gasteiger partial charge in [0.05, 0.1) is 0 Å². The Kier molecular flexibility index (Phi) is 4.91. The number of anilines is 1. The molecule has 2 heterocycles. The Labute approximate surface area is 168 Å². The smallest absolute Gasteiger partial charge is 0.255 e. The lowest BCUT2D eigenvalue weighted by atomic mass is 10.1. The quantitative estimate of drug-likeness (QED) is 0.511. The number of amides is 1. The molecule has 0 radical (unpaired) electrons. The van der Waals surface area contributed by atoms with E-state index in [2.05, 4.69) is 10.3 Å². The van der Waals surface area contributed by atoms with Crippen LogP contribution in [0.1, 0.15) is 34.6 Å². The first-order valence-corrected chi connectivity index (χ1v) is 9.41. The molecule has 1 N–H and O–H groups in total. The number of carbonyl (C=O) groups excluding carboxylic acids is 2. The maximum Gasteiger partial charge on any atom is 0.255 e. The summed E-state index contributed by atoms with van der Waals surface area (Å²) in [5.74, 6) is 0.481. The molecule has 0 fully saturated rings. The minimum Gasteiger partial charge on any atom is -0.322 e. The van der Waals surface area contributed by atoms with Gasteiger partial charge < -0.3 is 9.88 Å². The zero-order chi connectivity index (χ0) is 20.4. The van der Waals surface area contributed by atoms with Gasteiger partial charge in [-0.25, -0.2) is 9.97 Å². The minimum absolute atomic E-state index is 0.0461. The molecule has 0 saturated heterocycles. The standard InChI is InChI=1S/C23H20N4O2/c1-3-27-21(26-20-11-6-12-24-22(20)27)17-8-4-9-18(13-17)23(29)25-19-10-5-7-16(14-19)15(2)28/h4-14H,3H2,1-2H3,(H,25,29). The Morgan fingerprint density at radius 3 is 2.59 bits per heavy atom. The highest BCUT2D eigenvalue weighted by atomic mass is 16.1. The summed E-state index contributed by atoms with van der Waals surface area (Å²) in [7, 11) is 0. The SMILES string of the molecule is CCn1c(-c2cccc(C(=O)Nc3cccc(C(C)=O)c3)c2)nc2cccnc21. The van der Waals surface area contributed by atoms with E-state index in [1.165, 1.54) is 6.92 Å². The van der Waals surface area contributed by atoms with Crippen LogP contribution < -0.4 is 5.32 Å². The van der Waals surface area contributed by atoms with Crippen molar-refractivity contribution in [2.24, 2.45) is 0 Å². The number of benzene rings is 2. The summed E-state index contributed by atoms with van der Waals surface area (Å²) in [5.41, 5.74) is 4.13. The van der Waals surface area contributed by atoms with E-state index in [9.17, 15) is 9.59 Å². The highest BCUT2D eigenvalue weighted by molar-refractivity contribution is 6.05. The number of carbonyl (C=O) groups is 2. The van der Waals surface area contributed by atoms with Crippen molar-refractivity contribution in [2.45, 2.75) is 20.4 Å². The van der Waals surface area contributed by atoms with Crippen LogP contribution in [-0.2, 0) is 6.54 Å². The van der Waals surface area contributed by atoms with Crippen molar-refractivity contribution in [1.82, 2.24) is 14.5 Å². The number of ketones is 1. The Hall–Kier alpha value is -3.80. The molecule has 0 aliphatic carbocycles. The van der Waals surface area contributed by atoms with Crippen LogP contribution >= 0.6 is 0 Å². The van der Waals surface area contributed by atoms with Crippen LogP contribution in [0, 0.1) is 0 Å². The summed E-state index contributed by atoms with van der Waals surface area (Å²) in [6.07, 6.45) is 1.75. The van der Waals surface area contributed by atoms with Gasteiger partial charge in [0.2, 0.25) is 0 Å². The molecule has 2 aromatic heterocycles. The number of Topliss-reactive ketones (excluding diaryl/α,β-unsaturated/α-hetero) is 1. The Morgan fingerprint density at radius 2 is 1.79 bits per heavy atom. The molecule has 0 spiro atoms. The summed E-state index contributed by atoms with van der Waals surface area (Å²) in [4.78, 5) is 33.5. The second-order valence-electron chi connectivity index (χ2n) is 6.70. The number of nitrogens with zero attached hydrogens (tertiary/aromatic N) is 3. The van der Waals surface area contributed by atoms with Crippen molar-refractivity contribution < 1.29 is 9.59 Å². The Bertz CT molecular complexity index is 1230. The van der Waals surface area contributed by atoms with Crippen LogP contribution in [0.5, 0.6) is 0 Å². The lowest BCUT2D eigenvalue weighted by molar-refractivity contribution is 0.101. The highest BCUT2D eigenvalue weighted by Crippen LogP contribution is 2.25. The summed E-state index contributed by atoms with van der Waals surface area (Å²) < 4.78 is 2.03. The molecule has 29 heavy (non-hydrogen) atoms. The highest BCUT2D eigenvalue weighted by Gasteiger charge is 2.14. The molecule has 144 valence electrons. The molecule has 4 rings (SSSR count). The molecule has 1 amide bonds. The molecule has 4 aromatic rings. The van der Waals surface area contributed by atoms with Gasteiger partial charge in [0.15, 0.2) is 11.4 Å². The lowest BCUT2D eigenvalue weighted by Crippen LogP contribution is -2.12. The van der Waals surface area contributed by atoms with Crippen molar-refractivity contribution in [3.63, 3.8) is 0 Å². The van der Waals surface area contributed by atoms with Crippen LogP contribution in [0.4, 0.5) is 5.69 Å². The number of aryl methyl sites for hydroxylation is 1. The van der Waals surface area contributed by atoms with E-state index in [1.54, 1.807) is 36.5 Å². The first-order valence-electron chi connectivity index (χ1n) is 9.41. The van der Waals surface area contributed by atoms with Crippen LogP contribution in [0.2, 0.25) is 0 Å². The lowest BCUT2D eigenvalue weighted by Gasteiger charge is -2.09. The first kappa shape index (κ1) is 18.6. The first-order chi connectivity index (χ1) is 14.1. The van der Waals surface area contributed by atoms with Gasteiger partial charge in [0.25, 0.3) is 5.91 Å². The van der Waals surface area contributed by atoms with Gasteiger partial charge in [-0.05, 0) is 50.2 Å². The molecule has 0 saturated carbocycles. The second-order valence-corrected chi connectivity index (χ2v) is 6.70. The van der Waals surface area contributed by atoms with Crippen LogP contribution in [0.15, 0.2) is 66.9 Å². The van der Waals surface area contributed by atoms with Gasteiger partial charge in [-0.3, -0.25) is 9.59 Å². The van der Waals surface area contributed by atoms with E-state index in [4.69, 9.17) is 4.98 Å². The van der Waals surface area contributed by atoms with Crippen molar-refractivity contribution in [3.05, 3.63) is 78.0 Å². The molecule has 6 nitrogen and oxygen atoms in total. The van der Waals surface area contributed by atoms with E-state index < -0.39 is 0 Å². The van der Waals surface area contributed by atoms with Crippen LogP contribution in [0.25, 0.3) is 22.6 Å². The van der Waals surface area contributed by atoms with Gasteiger partial charge in [0.1, 0.15) is 11.3 Å². The third-order valence-corrected chi connectivity index (χ3v) is 4.73. The third kappa shape index (κ3) is 3.65. The maximum atomic E-state index is 12.8. The topological polar surface area (TPSA) is 76.9 Å². The number of hydrogen-bond donors (Lipinski definition) is 1. The fourth-order valence-electron chi connectivity index (χ4n) is 3.30.